The molecule has 0 amide bonds. The normalized spacial score (nSPS) is 14.8. The van der Waals surface area contributed by atoms with Crippen LogP contribution >= 0.6 is 22.7 Å². The van der Waals surface area contributed by atoms with Crippen molar-refractivity contribution in [3.8, 4) is 0 Å². The summed E-state index contributed by atoms with van der Waals surface area (Å²) in [6.45, 7) is 5.00. The highest BCUT2D eigenvalue weighted by Crippen LogP contribution is 2.35. The van der Waals surface area contributed by atoms with Crippen LogP contribution in [0.4, 0.5) is 5.13 Å². The topological polar surface area (TPSA) is 28.2 Å². The number of rotatable bonds is 7. The Morgan fingerprint density at radius 3 is 3.00 bits per heavy atom. The van der Waals surface area contributed by atoms with Crippen LogP contribution in [0.2, 0.25) is 0 Å². The van der Waals surface area contributed by atoms with Gasteiger partial charge in [-0.05, 0) is 41.8 Å². The average molecular weight is 293 g/mol. The van der Waals surface area contributed by atoms with Crippen molar-refractivity contribution < 1.29 is 0 Å². The fraction of sp³-hybridized carbons (Fsp3) is 0.500. The molecular formula is C14H19N3S2. The van der Waals surface area contributed by atoms with E-state index in [1.165, 1.54) is 23.5 Å². The number of hydrogen-bond acceptors (Lipinski definition) is 5. The third-order valence-corrected chi connectivity index (χ3v) is 4.92. The summed E-state index contributed by atoms with van der Waals surface area (Å²) in [5.41, 5.74) is 2.57. The Morgan fingerprint density at radius 2 is 2.32 bits per heavy atom. The van der Waals surface area contributed by atoms with Crippen LogP contribution in [0.25, 0.3) is 0 Å². The molecule has 0 spiro atoms. The van der Waals surface area contributed by atoms with E-state index in [0.717, 1.165) is 25.3 Å². The van der Waals surface area contributed by atoms with Gasteiger partial charge >= 0.3 is 0 Å². The maximum Gasteiger partial charge on any atom is 0.186 e. The van der Waals surface area contributed by atoms with E-state index in [2.05, 4.69) is 39.3 Å². The summed E-state index contributed by atoms with van der Waals surface area (Å²) in [6, 6.07) is 2.92. The number of thiazole rings is 1. The molecule has 3 nitrogen and oxygen atoms in total. The molecule has 2 aromatic heterocycles. The number of hydrogen-bond donors (Lipinski definition) is 1. The Balaban J connectivity index is 1.70. The Kier molecular flexibility index (Phi) is 4.15. The van der Waals surface area contributed by atoms with E-state index < -0.39 is 0 Å². The first-order valence-electron chi connectivity index (χ1n) is 6.79. The molecule has 1 aliphatic rings. The highest BCUT2D eigenvalue weighted by atomic mass is 32.1. The van der Waals surface area contributed by atoms with E-state index in [1.807, 2.05) is 0 Å². The summed E-state index contributed by atoms with van der Waals surface area (Å²) in [7, 11) is 0. The number of anilines is 1. The first-order valence-corrected chi connectivity index (χ1v) is 8.62. The van der Waals surface area contributed by atoms with Crippen molar-refractivity contribution in [3.05, 3.63) is 33.5 Å². The second-order valence-electron chi connectivity index (χ2n) is 4.89. The standard InChI is InChI=1S/C14H19N3S2/c1-2-15-7-12-10-19-14(16-12)17(13-3-4-13)8-11-5-6-18-9-11/h5-6,9-10,13,15H,2-4,7-8H2,1H3. The molecular weight excluding hydrogens is 274 g/mol. The molecule has 102 valence electrons. The molecule has 1 fully saturated rings. The van der Waals surface area contributed by atoms with Gasteiger partial charge < -0.3 is 10.2 Å². The third-order valence-electron chi connectivity index (χ3n) is 3.26. The molecule has 5 heteroatoms. The molecule has 0 bridgehead atoms. The van der Waals surface area contributed by atoms with Crippen LogP contribution in [0.15, 0.2) is 22.2 Å². The van der Waals surface area contributed by atoms with Crippen molar-refractivity contribution in [2.75, 3.05) is 11.4 Å². The van der Waals surface area contributed by atoms with Crippen LogP contribution in [-0.2, 0) is 13.1 Å². The van der Waals surface area contributed by atoms with Gasteiger partial charge in [0.2, 0.25) is 0 Å². The monoisotopic (exact) mass is 293 g/mol. The van der Waals surface area contributed by atoms with Crippen LogP contribution in [0.5, 0.6) is 0 Å². The minimum atomic E-state index is 0.707. The van der Waals surface area contributed by atoms with Gasteiger partial charge in [-0.25, -0.2) is 4.98 Å². The molecule has 0 atom stereocenters. The van der Waals surface area contributed by atoms with E-state index in [-0.39, 0.29) is 0 Å². The van der Waals surface area contributed by atoms with Crippen LogP contribution in [0, 0.1) is 0 Å². The van der Waals surface area contributed by atoms with E-state index in [9.17, 15) is 0 Å². The number of nitrogens with one attached hydrogen (secondary N) is 1. The first kappa shape index (κ1) is 13.1. The maximum absolute atomic E-state index is 4.78. The Morgan fingerprint density at radius 1 is 1.42 bits per heavy atom. The lowest BCUT2D eigenvalue weighted by Gasteiger charge is -2.20. The lowest BCUT2D eigenvalue weighted by molar-refractivity contribution is 0.710. The Hall–Kier alpha value is -0.910. The van der Waals surface area contributed by atoms with Crippen molar-refractivity contribution >= 4 is 27.8 Å². The lowest BCUT2D eigenvalue weighted by atomic mass is 10.3. The molecule has 0 aromatic carbocycles. The van der Waals surface area contributed by atoms with Crippen molar-refractivity contribution in [2.24, 2.45) is 0 Å². The summed E-state index contributed by atoms with van der Waals surface area (Å²) in [5.74, 6) is 0. The van der Waals surface area contributed by atoms with Gasteiger partial charge in [0, 0.05) is 24.5 Å². The third kappa shape index (κ3) is 3.35. The van der Waals surface area contributed by atoms with E-state index >= 15 is 0 Å². The Bertz CT molecular complexity index is 503. The molecule has 3 rings (SSSR count). The molecule has 2 aromatic rings. The minimum absolute atomic E-state index is 0.707. The zero-order valence-corrected chi connectivity index (χ0v) is 12.8. The van der Waals surface area contributed by atoms with Crippen molar-refractivity contribution in [3.63, 3.8) is 0 Å². The summed E-state index contributed by atoms with van der Waals surface area (Å²) in [6.07, 6.45) is 2.62. The van der Waals surface area contributed by atoms with E-state index in [4.69, 9.17) is 4.98 Å². The highest BCUT2D eigenvalue weighted by molar-refractivity contribution is 7.13. The molecule has 1 aliphatic carbocycles. The van der Waals surface area contributed by atoms with Crippen LogP contribution in [0.1, 0.15) is 31.0 Å². The van der Waals surface area contributed by atoms with Gasteiger partial charge in [0.15, 0.2) is 5.13 Å². The summed E-state index contributed by atoms with van der Waals surface area (Å²) in [4.78, 5) is 7.25. The van der Waals surface area contributed by atoms with Gasteiger partial charge in [-0.3, -0.25) is 0 Å². The van der Waals surface area contributed by atoms with Crippen molar-refractivity contribution in [2.45, 2.75) is 38.9 Å². The maximum atomic E-state index is 4.78. The van der Waals surface area contributed by atoms with Crippen molar-refractivity contribution in [1.82, 2.24) is 10.3 Å². The van der Waals surface area contributed by atoms with Gasteiger partial charge in [-0.15, -0.1) is 11.3 Å². The van der Waals surface area contributed by atoms with Gasteiger partial charge in [-0.1, -0.05) is 6.92 Å². The second kappa shape index (κ2) is 6.03. The smallest absolute Gasteiger partial charge is 0.186 e. The zero-order chi connectivity index (χ0) is 13.1. The predicted molar refractivity (Wildman–Crippen MR) is 83.0 cm³/mol. The van der Waals surface area contributed by atoms with Gasteiger partial charge in [0.25, 0.3) is 0 Å². The van der Waals surface area contributed by atoms with Crippen molar-refractivity contribution in [1.29, 1.82) is 0 Å². The number of aromatic nitrogens is 1. The SMILES string of the molecule is CCNCc1csc(N(Cc2ccsc2)C2CC2)n1. The zero-order valence-electron chi connectivity index (χ0n) is 11.1. The number of thiophene rings is 1. The Labute approximate surface area is 122 Å². The average Bonchev–Trinajstić information content (AvgIpc) is 2.94. The summed E-state index contributed by atoms with van der Waals surface area (Å²) >= 11 is 3.55. The predicted octanol–water partition coefficient (Wildman–Crippen LogP) is 3.48. The number of nitrogens with zero attached hydrogens (tertiary/aromatic N) is 2. The van der Waals surface area contributed by atoms with Gasteiger partial charge in [0.1, 0.15) is 0 Å². The van der Waals surface area contributed by atoms with Crippen LogP contribution < -0.4 is 10.2 Å². The molecule has 0 unspecified atom stereocenters. The highest BCUT2D eigenvalue weighted by Gasteiger charge is 2.31. The molecule has 0 radical (unpaired) electrons. The lowest BCUT2D eigenvalue weighted by Crippen LogP contribution is -2.24. The molecule has 19 heavy (non-hydrogen) atoms. The van der Waals surface area contributed by atoms with Crippen LogP contribution in [-0.4, -0.2) is 17.6 Å². The first-order chi connectivity index (χ1) is 9.36. The second-order valence-corrected chi connectivity index (χ2v) is 6.51. The fourth-order valence-electron chi connectivity index (χ4n) is 2.08. The fourth-order valence-corrected chi connectivity index (χ4v) is 3.64. The van der Waals surface area contributed by atoms with Gasteiger partial charge in [0.05, 0.1) is 5.69 Å². The largest absolute Gasteiger partial charge is 0.341 e. The molecule has 1 N–H and O–H groups in total. The molecule has 1 saturated carbocycles. The van der Waals surface area contributed by atoms with E-state index in [1.54, 1.807) is 22.7 Å². The van der Waals surface area contributed by atoms with Gasteiger partial charge in [-0.2, -0.15) is 11.3 Å². The molecule has 0 saturated heterocycles. The summed E-state index contributed by atoms with van der Waals surface area (Å²) < 4.78 is 0. The molecule has 2 heterocycles. The summed E-state index contributed by atoms with van der Waals surface area (Å²) in [5, 5.41) is 11.1. The molecule has 0 aliphatic heterocycles. The van der Waals surface area contributed by atoms with Crippen LogP contribution in [0.3, 0.4) is 0 Å². The quantitative estimate of drug-likeness (QED) is 0.847. The van der Waals surface area contributed by atoms with E-state index in [0.29, 0.717) is 6.04 Å². The minimum Gasteiger partial charge on any atom is -0.341 e.